The van der Waals surface area contributed by atoms with Crippen molar-refractivity contribution in [3.05, 3.63) is 29.8 Å². The summed E-state index contributed by atoms with van der Waals surface area (Å²) in [5.74, 6) is 0.560. The van der Waals surface area contributed by atoms with Crippen LogP contribution in [0.2, 0.25) is 0 Å². The number of nitrogens with zero attached hydrogens (tertiary/aromatic N) is 3. The Morgan fingerprint density at radius 1 is 1.16 bits per heavy atom. The van der Waals surface area contributed by atoms with Crippen LogP contribution in [0.15, 0.2) is 29.2 Å². The summed E-state index contributed by atoms with van der Waals surface area (Å²) < 4.78 is 28.8. The number of rotatable bonds is 10. The van der Waals surface area contributed by atoms with Gasteiger partial charge < -0.3 is 10.2 Å². The fraction of sp³-hybridized carbons (Fsp3) is 0.708. The molecule has 0 saturated carbocycles. The van der Waals surface area contributed by atoms with Crippen LogP contribution in [-0.2, 0) is 21.2 Å². The van der Waals surface area contributed by atoms with E-state index in [4.69, 9.17) is 0 Å². The third kappa shape index (κ3) is 6.53. The second-order valence-corrected chi connectivity index (χ2v) is 11.3. The quantitative estimate of drug-likeness (QED) is 0.575. The molecule has 2 fully saturated rings. The van der Waals surface area contributed by atoms with Gasteiger partial charge in [0.05, 0.1) is 4.90 Å². The largest absolute Gasteiger partial charge is 0.340 e. The summed E-state index contributed by atoms with van der Waals surface area (Å²) in [6, 6.07) is 7.51. The van der Waals surface area contributed by atoms with Gasteiger partial charge in [0.25, 0.3) is 0 Å². The van der Waals surface area contributed by atoms with Crippen molar-refractivity contribution in [2.24, 2.45) is 5.92 Å². The van der Waals surface area contributed by atoms with E-state index in [1.54, 1.807) is 16.4 Å². The van der Waals surface area contributed by atoms with Crippen molar-refractivity contribution in [3.63, 3.8) is 0 Å². The normalized spacial score (nSPS) is 20.4. The van der Waals surface area contributed by atoms with E-state index < -0.39 is 10.0 Å². The molecule has 3 rings (SSSR count). The Morgan fingerprint density at radius 2 is 1.84 bits per heavy atom. The highest BCUT2D eigenvalue weighted by Crippen LogP contribution is 2.23. The van der Waals surface area contributed by atoms with Gasteiger partial charge in [0, 0.05) is 51.7 Å². The van der Waals surface area contributed by atoms with Crippen LogP contribution in [0.25, 0.3) is 0 Å². The van der Waals surface area contributed by atoms with Crippen molar-refractivity contribution in [1.82, 2.24) is 19.4 Å². The van der Waals surface area contributed by atoms with Crippen LogP contribution in [0.1, 0.15) is 45.6 Å². The van der Waals surface area contributed by atoms with E-state index in [1.165, 1.54) is 0 Å². The fourth-order valence-corrected chi connectivity index (χ4v) is 6.25. The number of hydrogen-bond donors (Lipinski definition) is 1. The highest BCUT2D eigenvalue weighted by molar-refractivity contribution is 7.89. The van der Waals surface area contributed by atoms with Gasteiger partial charge >= 0.3 is 0 Å². The fourth-order valence-electron chi connectivity index (χ4n) is 4.77. The molecule has 32 heavy (non-hydrogen) atoms. The molecule has 7 nitrogen and oxygen atoms in total. The highest BCUT2D eigenvalue weighted by Gasteiger charge is 2.32. The van der Waals surface area contributed by atoms with Gasteiger partial charge in [-0.05, 0) is 56.0 Å². The Balaban J connectivity index is 1.75. The molecule has 0 spiro atoms. The number of nitrogens with one attached hydrogen (secondary N) is 1. The average molecular weight is 465 g/mol. The molecule has 2 aliphatic rings. The number of carbonyl (C=O) groups excluding carboxylic acids is 1. The molecule has 1 amide bonds. The predicted molar refractivity (Wildman–Crippen MR) is 128 cm³/mol. The van der Waals surface area contributed by atoms with E-state index in [2.05, 4.69) is 31.0 Å². The maximum atomic E-state index is 13.6. The topological polar surface area (TPSA) is 73.0 Å². The van der Waals surface area contributed by atoms with Gasteiger partial charge in [-0.15, -0.1) is 0 Å². The number of likely N-dealkylation sites (N-methyl/N-ethyl adjacent to an activating group) is 1. The Labute approximate surface area is 194 Å². The number of benzene rings is 1. The molecular formula is C24H40N4O3S. The minimum Gasteiger partial charge on any atom is -0.340 e. The van der Waals surface area contributed by atoms with Crippen molar-refractivity contribution in [2.45, 2.75) is 57.4 Å². The minimum absolute atomic E-state index is 0.0396. The molecule has 2 saturated heterocycles. The van der Waals surface area contributed by atoms with Crippen molar-refractivity contribution >= 4 is 15.9 Å². The zero-order valence-corrected chi connectivity index (χ0v) is 20.7. The molecule has 1 N–H and O–H groups in total. The molecular weight excluding hydrogens is 424 g/mol. The lowest BCUT2D eigenvalue weighted by molar-refractivity contribution is -0.131. The lowest BCUT2D eigenvalue weighted by Crippen LogP contribution is -2.48. The van der Waals surface area contributed by atoms with Gasteiger partial charge in [-0.3, -0.25) is 9.69 Å². The minimum atomic E-state index is -3.67. The van der Waals surface area contributed by atoms with Gasteiger partial charge in [-0.1, -0.05) is 32.9 Å². The first kappa shape index (κ1) is 25.1. The van der Waals surface area contributed by atoms with Crippen LogP contribution in [0.4, 0.5) is 0 Å². The molecule has 180 valence electrons. The second kappa shape index (κ2) is 11.6. The van der Waals surface area contributed by atoms with Gasteiger partial charge in [0.2, 0.25) is 15.9 Å². The standard InChI is InChI=1S/C24H40N4O3S/c1-4-26-14-5-6-22(26)19-28(15-11-24(29)27-16-12-25-13-17-27)32(30,31)23-9-7-21(8-10-23)18-20(2)3/h7-10,20,22,25H,4-6,11-19H2,1-3H3/t22-/m0/s1. The Hall–Kier alpha value is -1.48. The first-order chi connectivity index (χ1) is 15.3. The molecule has 0 unspecified atom stereocenters. The SMILES string of the molecule is CCN1CCC[C@H]1CN(CCC(=O)N1CCNCC1)S(=O)(=O)c1ccc(CC(C)C)cc1. The molecule has 0 radical (unpaired) electrons. The van der Waals surface area contributed by atoms with E-state index >= 15 is 0 Å². The average Bonchev–Trinajstić information content (AvgIpc) is 3.24. The second-order valence-electron chi connectivity index (χ2n) is 9.41. The summed E-state index contributed by atoms with van der Waals surface area (Å²) in [6.07, 6.45) is 3.25. The van der Waals surface area contributed by atoms with Crippen LogP contribution in [0, 0.1) is 5.92 Å². The number of hydrogen-bond acceptors (Lipinski definition) is 5. The van der Waals surface area contributed by atoms with E-state index in [0.717, 1.165) is 51.0 Å². The van der Waals surface area contributed by atoms with Crippen molar-refractivity contribution in [1.29, 1.82) is 0 Å². The number of piperazine rings is 1. The van der Waals surface area contributed by atoms with E-state index in [0.29, 0.717) is 30.4 Å². The van der Waals surface area contributed by atoms with Gasteiger partial charge in [0.1, 0.15) is 0 Å². The monoisotopic (exact) mass is 464 g/mol. The predicted octanol–water partition coefficient (Wildman–Crippen LogP) is 2.18. The van der Waals surface area contributed by atoms with E-state index in [1.807, 2.05) is 17.0 Å². The summed E-state index contributed by atoms with van der Waals surface area (Å²) in [5, 5.41) is 3.25. The highest BCUT2D eigenvalue weighted by atomic mass is 32.2. The summed E-state index contributed by atoms with van der Waals surface area (Å²) in [7, 11) is -3.67. The van der Waals surface area contributed by atoms with Gasteiger partial charge in [0.15, 0.2) is 0 Å². The number of likely N-dealkylation sites (tertiary alicyclic amines) is 1. The number of carbonyl (C=O) groups is 1. The van der Waals surface area contributed by atoms with E-state index in [-0.39, 0.29) is 24.9 Å². The molecule has 0 aromatic heterocycles. The first-order valence-electron chi connectivity index (χ1n) is 12.1. The van der Waals surface area contributed by atoms with Crippen molar-refractivity contribution in [3.8, 4) is 0 Å². The van der Waals surface area contributed by atoms with Crippen LogP contribution in [0.5, 0.6) is 0 Å². The van der Waals surface area contributed by atoms with Crippen LogP contribution < -0.4 is 5.32 Å². The third-order valence-electron chi connectivity index (χ3n) is 6.57. The maximum Gasteiger partial charge on any atom is 0.243 e. The third-order valence-corrected chi connectivity index (χ3v) is 8.45. The maximum absolute atomic E-state index is 13.6. The Morgan fingerprint density at radius 3 is 2.47 bits per heavy atom. The van der Waals surface area contributed by atoms with Crippen LogP contribution >= 0.6 is 0 Å². The number of sulfonamides is 1. The lowest BCUT2D eigenvalue weighted by atomic mass is 10.0. The first-order valence-corrected chi connectivity index (χ1v) is 13.6. The molecule has 1 aromatic rings. The number of amides is 1. The molecule has 8 heteroatoms. The molecule has 2 heterocycles. The van der Waals surface area contributed by atoms with Crippen molar-refractivity contribution < 1.29 is 13.2 Å². The van der Waals surface area contributed by atoms with Crippen LogP contribution in [0.3, 0.4) is 0 Å². The molecule has 0 bridgehead atoms. The van der Waals surface area contributed by atoms with E-state index in [9.17, 15) is 13.2 Å². The zero-order valence-electron chi connectivity index (χ0n) is 19.9. The van der Waals surface area contributed by atoms with Gasteiger partial charge in [-0.2, -0.15) is 4.31 Å². The Bertz CT molecular complexity index is 835. The Kier molecular flexibility index (Phi) is 9.11. The van der Waals surface area contributed by atoms with Crippen LogP contribution in [-0.4, -0.2) is 86.8 Å². The smallest absolute Gasteiger partial charge is 0.243 e. The van der Waals surface area contributed by atoms with Gasteiger partial charge in [-0.25, -0.2) is 8.42 Å². The lowest BCUT2D eigenvalue weighted by Gasteiger charge is -2.31. The molecule has 0 aliphatic carbocycles. The molecule has 2 aliphatic heterocycles. The van der Waals surface area contributed by atoms with Crippen molar-refractivity contribution in [2.75, 3.05) is 52.4 Å². The summed E-state index contributed by atoms with van der Waals surface area (Å²) in [5.41, 5.74) is 1.15. The zero-order chi connectivity index (χ0) is 23.1. The summed E-state index contributed by atoms with van der Waals surface area (Å²) in [6.45, 7) is 12.0. The molecule has 1 aromatic carbocycles. The molecule has 1 atom stereocenters. The summed E-state index contributed by atoms with van der Waals surface area (Å²) in [4.78, 5) is 17.3. The summed E-state index contributed by atoms with van der Waals surface area (Å²) >= 11 is 0.